The first-order valence-corrected chi connectivity index (χ1v) is 13.6. The molecule has 0 aliphatic carbocycles. The zero-order chi connectivity index (χ0) is 30.6. The van der Waals surface area contributed by atoms with E-state index in [9.17, 15) is 14.4 Å². The van der Waals surface area contributed by atoms with Gasteiger partial charge in [0, 0.05) is 17.2 Å². The van der Waals surface area contributed by atoms with Crippen molar-refractivity contribution in [3.8, 4) is 17.2 Å². The summed E-state index contributed by atoms with van der Waals surface area (Å²) < 4.78 is 27.6. The molecule has 0 radical (unpaired) electrons. The SMILES string of the molecule is C=CCc1cc(C=CC(=O)c2ccc(OCOC(=O)C(C)(C)C)cc2)c(OCCC)cc1OCOC(=O)C(C)(C)C. The van der Waals surface area contributed by atoms with Gasteiger partial charge in [-0.05, 0) is 102 Å². The van der Waals surface area contributed by atoms with Gasteiger partial charge in [0.15, 0.2) is 5.78 Å². The van der Waals surface area contributed by atoms with Crippen LogP contribution in [0.4, 0.5) is 0 Å². The van der Waals surface area contributed by atoms with E-state index in [0.717, 1.165) is 12.0 Å². The second-order valence-electron chi connectivity index (χ2n) is 11.4. The van der Waals surface area contributed by atoms with Crippen LogP contribution in [-0.4, -0.2) is 37.9 Å². The quantitative estimate of drug-likeness (QED) is 0.0797. The molecule has 0 atom stereocenters. The number of hydrogen-bond donors (Lipinski definition) is 0. The predicted molar refractivity (Wildman–Crippen MR) is 158 cm³/mol. The lowest BCUT2D eigenvalue weighted by Crippen LogP contribution is -2.24. The van der Waals surface area contributed by atoms with Gasteiger partial charge in [0.25, 0.3) is 0 Å². The molecule has 2 aromatic carbocycles. The van der Waals surface area contributed by atoms with Gasteiger partial charge in [0.05, 0.1) is 17.4 Å². The molecule has 0 aliphatic heterocycles. The van der Waals surface area contributed by atoms with Gasteiger partial charge in [0.1, 0.15) is 17.2 Å². The number of benzene rings is 2. The number of carbonyl (C=O) groups excluding carboxylic acids is 3. The molecule has 0 amide bonds. The van der Waals surface area contributed by atoms with Gasteiger partial charge in [-0.1, -0.05) is 13.0 Å². The fourth-order valence-corrected chi connectivity index (χ4v) is 3.25. The normalized spacial score (nSPS) is 11.6. The zero-order valence-corrected chi connectivity index (χ0v) is 25.2. The van der Waals surface area contributed by atoms with E-state index >= 15 is 0 Å². The molecule has 2 rings (SSSR count). The molecule has 0 fully saturated rings. The van der Waals surface area contributed by atoms with Crippen LogP contribution in [0.25, 0.3) is 6.08 Å². The first kappa shape index (κ1) is 33.1. The number of carbonyl (C=O) groups is 3. The molecule has 222 valence electrons. The summed E-state index contributed by atoms with van der Waals surface area (Å²) in [7, 11) is 0. The first-order chi connectivity index (χ1) is 19.3. The molecule has 0 spiro atoms. The molecule has 0 heterocycles. The standard InChI is InChI=1S/C33H42O8/c1-9-11-24-19-25(28(37-18-10-2)20-29(24)39-22-41-31(36)33(6,7)8)14-17-27(34)23-12-15-26(16-13-23)38-21-40-30(35)32(3,4)5/h9,12-17,19-20H,1,10-11,18,21-22H2,2-8H3. The van der Waals surface area contributed by atoms with Gasteiger partial charge < -0.3 is 23.7 Å². The number of ketones is 1. The lowest BCUT2D eigenvalue weighted by molar-refractivity contribution is -0.160. The smallest absolute Gasteiger partial charge is 0.314 e. The minimum Gasteiger partial charge on any atom is -0.493 e. The van der Waals surface area contributed by atoms with E-state index in [1.54, 1.807) is 84.0 Å². The van der Waals surface area contributed by atoms with Crippen LogP contribution in [-0.2, 0) is 25.5 Å². The Morgan fingerprint density at radius 3 is 1.93 bits per heavy atom. The Kier molecular flexibility index (Phi) is 12.2. The summed E-state index contributed by atoms with van der Waals surface area (Å²) >= 11 is 0. The van der Waals surface area contributed by atoms with Crippen LogP contribution in [0.2, 0.25) is 0 Å². The molecule has 2 aromatic rings. The van der Waals surface area contributed by atoms with Crippen LogP contribution in [0.3, 0.4) is 0 Å². The summed E-state index contributed by atoms with van der Waals surface area (Å²) in [4.78, 5) is 36.9. The molecular weight excluding hydrogens is 524 g/mol. The largest absolute Gasteiger partial charge is 0.493 e. The fraction of sp³-hybridized carbons (Fsp3) is 0.424. The van der Waals surface area contributed by atoms with E-state index < -0.39 is 10.8 Å². The van der Waals surface area contributed by atoms with E-state index in [1.165, 1.54) is 6.08 Å². The van der Waals surface area contributed by atoms with Gasteiger partial charge >= 0.3 is 11.9 Å². The summed E-state index contributed by atoms with van der Waals surface area (Å²) in [5.41, 5.74) is 0.703. The second kappa shape index (κ2) is 15.1. The number of allylic oxidation sites excluding steroid dienone is 2. The summed E-state index contributed by atoms with van der Waals surface area (Å²) in [6.07, 6.45) is 6.19. The van der Waals surface area contributed by atoms with Crippen molar-refractivity contribution in [3.05, 3.63) is 71.8 Å². The Balaban J connectivity index is 2.17. The van der Waals surface area contributed by atoms with Gasteiger partial charge in [-0.15, -0.1) is 6.58 Å². The number of esters is 2. The predicted octanol–water partition coefficient (Wildman–Crippen LogP) is 6.95. The van der Waals surface area contributed by atoms with Crippen LogP contribution >= 0.6 is 0 Å². The van der Waals surface area contributed by atoms with E-state index in [0.29, 0.717) is 41.4 Å². The number of ether oxygens (including phenoxy) is 5. The van der Waals surface area contributed by atoms with Crippen LogP contribution in [0.5, 0.6) is 17.2 Å². The number of rotatable bonds is 14. The average Bonchev–Trinajstić information content (AvgIpc) is 2.91. The third-order valence-electron chi connectivity index (χ3n) is 5.62. The summed E-state index contributed by atoms with van der Waals surface area (Å²) in [6.45, 7) is 16.4. The van der Waals surface area contributed by atoms with Gasteiger partial charge in [-0.2, -0.15) is 0 Å². The minimum atomic E-state index is -0.641. The molecule has 0 aliphatic rings. The molecule has 0 bridgehead atoms. The van der Waals surface area contributed by atoms with Crippen molar-refractivity contribution < 1.29 is 38.1 Å². The monoisotopic (exact) mass is 566 g/mol. The zero-order valence-electron chi connectivity index (χ0n) is 25.2. The first-order valence-electron chi connectivity index (χ1n) is 13.6. The van der Waals surface area contributed by atoms with Crippen LogP contribution in [0.15, 0.2) is 55.1 Å². The lowest BCUT2D eigenvalue weighted by Gasteiger charge is -2.18. The average molecular weight is 567 g/mol. The summed E-state index contributed by atoms with van der Waals surface area (Å²) in [5.74, 6) is 0.569. The second-order valence-corrected chi connectivity index (χ2v) is 11.4. The van der Waals surface area contributed by atoms with Crippen molar-refractivity contribution >= 4 is 23.8 Å². The van der Waals surface area contributed by atoms with Crippen molar-refractivity contribution in [1.29, 1.82) is 0 Å². The molecule has 0 N–H and O–H groups in total. The van der Waals surface area contributed by atoms with E-state index in [2.05, 4.69) is 6.58 Å². The van der Waals surface area contributed by atoms with Crippen molar-refractivity contribution in [2.24, 2.45) is 10.8 Å². The molecule has 0 unspecified atom stereocenters. The Hall–Kier alpha value is -4.07. The molecule has 8 nitrogen and oxygen atoms in total. The molecule has 41 heavy (non-hydrogen) atoms. The maximum Gasteiger partial charge on any atom is 0.314 e. The third kappa shape index (κ3) is 10.8. The highest BCUT2D eigenvalue weighted by Gasteiger charge is 2.24. The van der Waals surface area contributed by atoms with E-state index in [1.807, 2.05) is 13.0 Å². The minimum absolute atomic E-state index is 0.211. The van der Waals surface area contributed by atoms with Crippen LogP contribution in [0, 0.1) is 10.8 Å². The molecule has 0 aromatic heterocycles. The topological polar surface area (TPSA) is 97.4 Å². The van der Waals surface area contributed by atoms with Crippen molar-refractivity contribution in [1.82, 2.24) is 0 Å². The van der Waals surface area contributed by atoms with Crippen LogP contribution < -0.4 is 14.2 Å². The highest BCUT2D eigenvalue weighted by molar-refractivity contribution is 6.07. The Labute approximate surface area is 243 Å². The highest BCUT2D eigenvalue weighted by Crippen LogP contribution is 2.32. The van der Waals surface area contributed by atoms with Gasteiger partial charge in [-0.3, -0.25) is 14.4 Å². The maximum atomic E-state index is 12.9. The summed E-state index contributed by atoms with van der Waals surface area (Å²) in [5, 5.41) is 0. The Morgan fingerprint density at radius 1 is 0.805 bits per heavy atom. The molecular formula is C33H42O8. The van der Waals surface area contributed by atoms with Crippen molar-refractivity contribution in [3.63, 3.8) is 0 Å². The van der Waals surface area contributed by atoms with E-state index in [4.69, 9.17) is 23.7 Å². The number of hydrogen-bond acceptors (Lipinski definition) is 8. The molecule has 8 heteroatoms. The highest BCUT2D eigenvalue weighted by atomic mass is 16.7. The Morgan fingerprint density at radius 2 is 1.39 bits per heavy atom. The van der Waals surface area contributed by atoms with Gasteiger partial charge in [0.2, 0.25) is 13.6 Å². The summed E-state index contributed by atoms with van der Waals surface area (Å²) in [6, 6.07) is 10.2. The van der Waals surface area contributed by atoms with E-state index in [-0.39, 0.29) is 31.3 Å². The van der Waals surface area contributed by atoms with Gasteiger partial charge in [-0.25, -0.2) is 0 Å². The van der Waals surface area contributed by atoms with Crippen molar-refractivity contribution in [2.45, 2.75) is 61.3 Å². The Bertz CT molecular complexity index is 1230. The fourth-order valence-electron chi connectivity index (χ4n) is 3.25. The maximum absolute atomic E-state index is 12.9. The molecule has 0 saturated carbocycles. The van der Waals surface area contributed by atoms with Crippen LogP contribution in [0.1, 0.15) is 76.4 Å². The van der Waals surface area contributed by atoms with Crippen molar-refractivity contribution in [2.75, 3.05) is 20.2 Å². The lowest BCUT2D eigenvalue weighted by atomic mass is 9.97. The molecule has 0 saturated heterocycles. The third-order valence-corrected chi connectivity index (χ3v) is 5.62.